The second-order valence-corrected chi connectivity index (χ2v) is 12.0. The largest absolute Gasteiger partial charge is 0.378 e. The Balaban J connectivity index is 0.000000141. The molecule has 6 aromatic rings. The van der Waals surface area contributed by atoms with E-state index < -0.39 is 23.2 Å². The molecule has 3 aliphatic heterocycles. The van der Waals surface area contributed by atoms with Crippen LogP contribution >= 0.6 is 15.9 Å². The molecule has 232 valence electrons. The van der Waals surface area contributed by atoms with Gasteiger partial charge < -0.3 is 9.64 Å². The fraction of sp³-hybridized carbons (Fsp3) is 0.118. The summed E-state index contributed by atoms with van der Waals surface area (Å²) in [5, 5.41) is 0.834. The van der Waals surface area contributed by atoms with Gasteiger partial charge in [0.15, 0.2) is 11.6 Å². The van der Waals surface area contributed by atoms with Crippen LogP contribution in [0.5, 0.6) is 0 Å². The minimum atomic E-state index is -0.518. The molecule has 0 saturated carbocycles. The number of anilines is 1. The minimum Gasteiger partial charge on any atom is -0.378 e. The van der Waals surface area contributed by atoms with E-state index in [-0.39, 0.29) is 33.9 Å². The van der Waals surface area contributed by atoms with Gasteiger partial charge in [0, 0.05) is 23.2 Å². The maximum absolute atomic E-state index is 13.5. The summed E-state index contributed by atoms with van der Waals surface area (Å²) in [5.41, 5.74) is 2.24. The van der Waals surface area contributed by atoms with E-state index in [0.29, 0.717) is 46.4 Å². The monoisotopic (exact) mass is 695 g/mol. The van der Waals surface area contributed by atoms with Gasteiger partial charge >= 0.3 is 0 Å². The number of benzene rings is 4. The highest BCUT2D eigenvalue weighted by atomic mass is 79.9. The third-order valence-electron chi connectivity index (χ3n) is 8.35. The first-order valence-electron chi connectivity index (χ1n) is 14.5. The van der Waals surface area contributed by atoms with Crippen molar-refractivity contribution in [3.63, 3.8) is 0 Å². The number of rotatable bonds is 1. The Bertz CT molecular complexity index is 2490. The second kappa shape index (κ2) is 10.9. The molecule has 3 aliphatic rings. The average molecular weight is 696 g/mol. The van der Waals surface area contributed by atoms with Gasteiger partial charge in [-0.2, -0.15) is 0 Å². The molecule has 0 unspecified atom stereocenters. The number of fused-ring (bicyclic) bond motifs is 8. The third-order valence-corrected chi connectivity index (χ3v) is 8.85. The van der Waals surface area contributed by atoms with Gasteiger partial charge in [0.25, 0.3) is 11.1 Å². The van der Waals surface area contributed by atoms with E-state index in [1.54, 1.807) is 30.3 Å². The highest BCUT2D eigenvalue weighted by Crippen LogP contribution is 2.29. The molecule has 1 fully saturated rings. The van der Waals surface area contributed by atoms with E-state index in [1.807, 2.05) is 6.07 Å². The molecule has 0 atom stereocenters. The van der Waals surface area contributed by atoms with Crippen LogP contribution in [0.15, 0.2) is 86.9 Å². The van der Waals surface area contributed by atoms with Crippen LogP contribution in [0.4, 0.5) is 14.5 Å². The van der Waals surface area contributed by atoms with E-state index in [0.717, 1.165) is 35.4 Å². The fourth-order valence-electron chi connectivity index (χ4n) is 6.11. The molecule has 1 saturated heterocycles. The summed E-state index contributed by atoms with van der Waals surface area (Å²) in [6, 6.07) is 18.1. The molecule has 5 heterocycles. The quantitative estimate of drug-likeness (QED) is 0.242. The first-order valence-corrected chi connectivity index (χ1v) is 15.3. The van der Waals surface area contributed by atoms with Crippen LogP contribution in [0, 0.1) is 11.6 Å². The number of morpholine rings is 1. The van der Waals surface area contributed by atoms with Crippen molar-refractivity contribution in [1.29, 1.82) is 0 Å². The van der Waals surface area contributed by atoms with Crippen LogP contribution in [0.2, 0.25) is 0 Å². The molecular formula is C34H20BrF2N5O5. The van der Waals surface area contributed by atoms with Crippen molar-refractivity contribution < 1.29 is 23.1 Å². The molecule has 47 heavy (non-hydrogen) atoms. The van der Waals surface area contributed by atoms with Crippen LogP contribution in [0.3, 0.4) is 0 Å². The van der Waals surface area contributed by atoms with Crippen molar-refractivity contribution in [2.75, 3.05) is 31.2 Å². The summed E-state index contributed by atoms with van der Waals surface area (Å²) in [6.45, 7) is 2.80. The molecule has 2 aromatic heterocycles. The lowest BCUT2D eigenvalue weighted by atomic mass is 10.1. The van der Waals surface area contributed by atoms with Crippen LogP contribution in [-0.4, -0.2) is 57.0 Å². The number of carbonyl (C=O) groups excluding carboxylic acids is 2. The Morgan fingerprint density at radius 3 is 1.70 bits per heavy atom. The zero-order valence-corrected chi connectivity index (χ0v) is 25.8. The minimum absolute atomic E-state index is 0.0235. The van der Waals surface area contributed by atoms with Crippen LogP contribution < -0.4 is 16.0 Å². The highest BCUT2D eigenvalue weighted by molar-refractivity contribution is 9.10. The number of carbonyl (C=O) groups is 2. The van der Waals surface area contributed by atoms with Crippen LogP contribution in [-0.2, 0) is 4.74 Å². The van der Waals surface area contributed by atoms with Gasteiger partial charge in [-0.05, 0) is 72.8 Å². The standard InChI is InChI=1S/C19H14FN3O3.C15H6BrFN2O2/c20-11-1-4-16-14(9-11)17(24)18-21-15-3-2-12(22-5-7-26-8-6-22)10-13(15)19(25)23(16)18;16-7-1-3-11-9(5-7)15(21)19-12-4-2-8(17)6-10(12)13(20)14(19)18-11/h1-4,9-10H,5-8H2;1-6H. The lowest BCUT2D eigenvalue weighted by Gasteiger charge is -2.28. The predicted molar refractivity (Wildman–Crippen MR) is 172 cm³/mol. The van der Waals surface area contributed by atoms with Gasteiger partial charge in [-0.1, -0.05) is 15.9 Å². The number of hydrogen-bond acceptors (Lipinski definition) is 8. The normalized spacial score (nSPS) is 14.5. The molecule has 0 amide bonds. The van der Waals surface area contributed by atoms with Crippen molar-refractivity contribution in [3.8, 4) is 11.4 Å². The number of ketones is 2. The van der Waals surface area contributed by atoms with E-state index >= 15 is 0 Å². The average Bonchev–Trinajstić information content (AvgIpc) is 3.51. The lowest BCUT2D eigenvalue weighted by molar-refractivity contribution is 0.102. The van der Waals surface area contributed by atoms with Gasteiger partial charge in [0.1, 0.15) is 11.6 Å². The van der Waals surface area contributed by atoms with Crippen molar-refractivity contribution in [3.05, 3.63) is 132 Å². The second-order valence-electron chi connectivity index (χ2n) is 11.1. The van der Waals surface area contributed by atoms with Crippen LogP contribution in [0.1, 0.15) is 32.4 Å². The summed E-state index contributed by atoms with van der Waals surface area (Å²) < 4.78 is 35.5. The Morgan fingerprint density at radius 2 is 1.15 bits per heavy atom. The molecule has 4 aromatic carbocycles. The number of hydrogen-bond donors (Lipinski definition) is 0. The summed E-state index contributed by atoms with van der Waals surface area (Å²) in [4.78, 5) is 61.3. The number of halogens is 3. The number of nitrogens with zero attached hydrogens (tertiary/aromatic N) is 5. The summed E-state index contributed by atoms with van der Waals surface area (Å²) in [5.74, 6) is -1.85. The molecule has 0 bridgehead atoms. The first kappa shape index (κ1) is 29.0. The topological polar surface area (TPSA) is 116 Å². The third kappa shape index (κ3) is 4.61. The van der Waals surface area contributed by atoms with Gasteiger partial charge in [-0.15, -0.1) is 0 Å². The summed E-state index contributed by atoms with van der Waals surface area (Å²) in [7, 11) is 0. The first-order chi connectivity index (χ1) is 22.7. The van der Waals surface area contributed by atoms with Gasteiger partial charge in [0.05, 0.1) is 57.5 Å². The molecule has 0 N–H and O–H groups in total. The predicted octanol–water partition coefficient (Wildman–Crippen LogP) is 4.74. The molecular weight excluding hydrogens is 676 g/mol. The van der Waals surface area contributed by atoms with E-state index in [4.69, 9.17) is 4.74 Å². The fourth-order valence-corrected chi connectivity index (χ4v) is 6.47. The van der Waals surface area contributed by atoms with Crippen molar-refractivity contribution in [2.24, 2.45) is 0 Å². The van der Waals surface area contributed by atoms with Gasteiger partial charge in [-0.25, -0.2) is 18.7 Å². The summed E-state index contributed by atoms with van der Waals surface area (Å²) >= 11 is 3.31. The maximum Gasteiger partial charge on any atom is 0.266 e. The van der Waals surface area contributed by atoms with E-state index in [9.17, 15) is 28.0 Å². The molecule has 13 heteroatoms. The van der Waals surface area contributed by atoms with Gasteiger partial charge in [0.2, 0.25) is 11.6 Å². The van der Waals surface area contributed by atoms with Crippen molar-refractivity contribution in [1.82, 2.24) is 19.1 Å². The maximum atomic E-state index is 13.5. The Labute approximate surface area is 271 Å². The number of aromatic nitrogens is 4. The van der Waals surface area contributed by atoms with E-state index in [1.165, 1.54) is 33.4 Å². The Morgan fingerprint density at radius 1 is 0.638 bits per heavy atom. The van der Waals surface area contributed by atoms with Crippen LogP contribution in [0.25, 0.3) is 33.2 Å². The molecule has 0 radical (unpaired) electrons. The lowest BCUT2D eigenvalue weighted by Crippen LogP contribution is -2.36. The Hall–Kier alpha value is -5.40. The van der Waals surface area contributed by atoms with Crippen molar-refractivity contribution in [2.45, 2.75) is 0 Å². The molecule has 10 nitrogen and oxygen atoms in total. The Kier molecular flexibility index (Phi) is 6.70. The summed E-state index contributed by atoms with van der Waals surface area (Å²) in [6.07, 6.45) is 0. The SMILES string of the molecule is O=C1c2cc(F)ccc2-n2c1nc1ccc(Br)cc1c2=O.O=C1c2cc(F)ccc2-n2c1nc1ccc(N3CCOCC3)cc1c2=O. The molecule has 9 rings (SSSR count). The zero-order chi connectivity index (χ0) is 32.6. The smallest absolute Gasteiger partial charge is 0.266 e. The highest BCUT2D eigenvalue weighted by Gasteiger charge is 2.32. The van der Waals surface area contributed by atoms with Crippen molar-refractivity contribution >= 4 is 55.0 Å². The molecule has 0 aliphatic carbocycles. The zero-order valence-electron chi connectivity index (χ0n) is 24.2. The van der Waals surface area contributed by atoms with Gasteiger partial charge in [-0.3, -0.25) is 28.3 Å². The van der Waals surface area contributed by atoms with E-state index in [2.05, 4.69) is 30.8 Å². The molecule has 0 spiro atoms. The number of ether oxygens (including phenoxy) is 1.